The molecule has 0 aromatic heterocycles. The van der Waals surface area contributed by atoms with Crippen molar-refractivity contribution in [2.75, 3.05) is 13.6 Å². The maximum absolute atomic E-state index is 12.5. The predicted molar refractivity (Wildman–Crippen MR) is 138 cm³/mol. The summed E-state index contributed by atoms with van der Waals surface area (Å²) in [6, 6.07) is 16.7. The average molecular weight is 533 g/mol. The van der Waals surface area contributed by atoms with Gasteiger partial charge in [-0.05, 0) is 79.2 Å². The Morgan fingerprint density at radius 3 is 1.51 bits per heavy atom. The van der Waals surface area contributed by atoms with Crippen molar-refractivity contribution in [1.29, 1.82) is 0 Å². The molecule has 3 rings (SSSR count). The van der Waals surface area contributed by atoms with Crippen LogP contribution in [0.3, 0.4) is 0 Å². The molecule has 0 aliphatic carbocycles. The van der Waals surface area contributed by atoms with Gasteiger partial charge in [0.05, 0.1) is 11.1 Å². The third-order valence-electron chi connectivity index (χ3n) is 4.93. The van der Waals surface area contributed by atoms with E-state index in [1.165, 1.54) is 60.7 Å². The standard InChI is InChI=1S/C29H24O10/c1-4-26(30)36-17-34-22-10-6-20(7-11-22)28(32)38-24-14-15-25(19(3)16-24)39-29(33)21-8-12-23(13-9-21)35-18-37-27(31)5-2/h4-16H,1-2,17-18H2,3H3. The third-order valence-corrected chi connectivity index (χ3v) is 4.93. The van der Waals surface area contributed by atoms with Gasteiger partial charge in [0.1, 0.15) is 23.0 Å². The summed E-state index contributed by atoms with van der Waals surface area (Å²) in [4.78, 5) is 47.1. The molecule has 3 aromatic carbocycles. The average Bonchev–Trinajstić information content (AvgIpc) is 2.94. The first kappa shape index (κ1) is 28.2. The molecule has 0 heterocycles. The Kier molecular flexibility index (Phi) is 9.97. The summed E-state index contributed by atoms with van der Waals surface area (Å²) in [7, 11) is 0. The Balaban J connectivity index is 1.53. The smallest absolute Gasteiger partial charge is 0.343 e. The fraction of sp³-hybridized carbons (Fsp3) is 0.103. The second-order valence-corrected chi connectivity index (χ2v) is 7.61. The van der Waals surface area contributed by atoms with E-state index >= 15 is 0 Å². The predicted octanol–water partition coefficient (Wildman–Crippen LogP) is 4.56. The maximum Gasteiger partial charge on any atom is 0.343 e. The van der Waals surface area contributed by atoms with E-state index in [-0.39, 0.29) is 36.2 Å². The van der Waals surface area contributed by atoms with Crippen molar-refractivity contribution in [2.24, 2.45) is 0 Å². The van der Waals surface area contributed by atoms with Gasteiger partial charge in [0.2, 0.25) is 13.6 Å². The van der Waals surface area contributed by atoms with E-state index in [4.69, 9.17) is 28.4 Å². The molecule has 10 nitrogen and oxygen atoms in total. The Hall–Kier alpha value is -5.38. The van der Waals surface area contributed by atoms with E-state index in [2.05, 4.69) is 13.2 Å². The van der Waals surface area contributed by atoms with Crippen molar-refractivity contribution in [3.05, 3.63) is 109 Å². The van der Waals surface area contributed by atoms with Gasteiger partial charge in [0, 0.05) is 12.2 Å². The topological polar surface area (TPSA) is 124 Å². The van der Waals surface area contributed by atoms with E-state index < -0.39 is 23.9 Å². The van der Waals surface area contributed by atoms with Crippen LogP contribution in [-0.4, -0.2) is 37.5 Å². The molecule has 0 radical (unpaired) electrons. The highest BCUT2D eigenvalue weighted by Crippen LogP contribution is 2.25. The summed E-state index contributed by atoms with van der Waals surface area (Å²) >= 11 is 0. The minimum Gasteiger partial charge on any atom is -0.457 e. The summed E-state index contributed by atoms with van der Waals surface area (Å²) in [6.45, 7) is 7.68. The quantitative estimate of drug-likeness (QED) is 0.142. The van der Waals surface area contributed by atoms with Gasteiger partial charge in [0.25, 0.3) is 0 Å². The zero-order valence-electron chi connectivity index (χ0n) is 20.9. The number of hydrogen-bond acceptors (Lipinski definition) is 10. The second kappa shape index (κ2) is 13.8. The molecular formula is C29H24O10. The van der Waals surface area contributed by atoms with Crippen LogP contribution in [0.15, 0.2) is 92.0 Å². The molecule has 0 aliphatic rings. The normalized spacial score (nSPS) is 9.97. The van der Waals surface area contributed by atoms with Crippen molar-refractivity contribution in [2.45, 2.75) is 6.92 Å². The van der Waals surface area contributed by atoms with Crippen molar-refractivity contribution < 1.29 is 47.6 Å². The van der Waals surface area contributed by atoms with Crippen LogP contribution in [0.2, 0.25) is 0 Å². The summed E-state index contributed by atoms with van der Waals surface area (Å²) in [5.41, 5.74) is 1.10. The lowest BCUT2D eigenvalue weighted by Gasteiger charge is -2.11. The number of rotatable bonds is 12. The van der Waals surface area contributed by atoms with Crippen LogP contribution in [0.1, 0.15) is 26.3 Å². The molecule has 0 N–H and O–H groups in total. The molecule has 0 aliphatic heterocycles. The van der Waals surface area contributed by atoms with Gasteiger partial charge in [-0.3, -0.25) is 0 Å². The van der Waals surface area contributed by atoms with Crippen LogP contribution in [0.4, 0.5) is 0 Å². The summed E-state index contributed by atoms with van der Waals surface area (Å²) in [5.74, 6) is -1.11. The molecule has 3 aromatic rings. The second-order valence-electron chi connectivity index (χ2n) is 7.61. The van der Waals surface area contributed by atoms with Crippen LogP contribution in [0.25, 0.3) is 0 Å². The zero-order chi connectivity index (χ0) is 28.2. The number of hydrogen-bond donors (Lipinski definition) is 0. The van der Waals surface area contributed by atoms with E-state index in [0.717, 1.165) is 12.2 Å². The van der Waals surface area contributed by atoms with Crippen molar-refractivity contribution in [3.63, 3.8) is 0 Å². The molecule has 0 unspecified atom stereocenters. The number of aryl methyl sites for hydroxylation is 1. The monoisotopic (exact) mass is 532 g/mol. The molecule has 0 fully saturated rings. The van der Waals surface area contributed by atoms with Gasteiger partial charge < -0.3 is 28.4 Å². The lowest BCUT2D eigenvalue weighted by atomic mass is 10.2. The highest BCUT2D eigenvalue weighted by Gasteiger charge is 2.14. The minimum absolute atomic E-state index is 0.257. The van der Waals surface area contributed by atoms with Crippen LogP contribution < -0.4 is 18.9 Å². The van der Waals surface area contributed by atoms with Crippen LogP contribution >= 0.6 is 0 Å². The Morgan fingerprint density at radius 1 is 0.641 bits per heavy atom. The summed E-state index contributed by atoms with van der Waals surface area (Å²) in [5, 5.41) is 0. The molecule has 10 heteroatoms. The number of esters is 4. The minimum atomic E-state index is -0.613. The number of carbonyl (C=O) groups is 4. The molecule has 0 bridgehead atoms. The molecular weight excluding hydrogens is 508 g/mol. The van der Waals surface area contributed by atoms with E-state index in [1.54, 1.807) is 13.0 Å². The van der Waals surface area contributed by atoms with Gasteiger partial charge in [-0.1, -0.05) is 13.2 Å². The Bertz CT molecular complexity index is 1360. The Labute approximate surface area is 224 Å². The molecule has 0 amide bonds. The largest absolute Gasteiger partial charge is 0.457 e. The molecule has 0 spiro atoms. The van der Waals surface area contributed by atoms with Gasteiger partial charge in [-0.25, -0.2) is 19.2 Å². The maximum atomic E-state index is 12.5. The lowest BCUT2D eigenvalue weighted by molar-refractivity contribution is -0.145. The molecule has 0 atom stereocenters. The first-order valence-corrected chi connectivity index (χ1v) is 11.4. The molecule has 0 saturated heterocycles. The van der Waals surface area contributed by atoms with Crippen LogP contribution in [0.5, 0.6) is 23.0 Å². The fourth-order valence-electron chi connectivity index (χ4n) is 2.93. The van der Waals surface area contributed by atoms with E-state index in [1.807, 2.05) is 0 Å². The fourth-order valence-corrected chi connectivity index (χ4v) is 2.93. The van der Waals surface area contributed by atoms with Gasteiger partial charge in [-0.2, -0.15) is 0 Å². The number of benzene rings is 3. The molecule has 200 valence electrons. The lowest BCUT2D eigenvalue weighted by Crippen LogP contribution is -2.11. The van der Waals surface area contributed by atoms with E-state index in [0.29, 0.717) is 17.1 Å². The highest BCUT2D eigenvalue weighted by atomic mass is 16.7. The number of carbonyl (C=O) groups excluding carboxylic acids is 4. The highest BCUT2D eigenvalue weighted by molar-refractivity contribution is 5.92. The molecule has 39 heavy (non-hydrogen) atoms. The zero-order valence-corrected chi connectivity index (χ0v) is 20.9. The van der Waals surface area contributed by atoms with Crippen LogP contribution in [0, 0.1) is 6.92 Å². The summed E-state index contributed by atoms with van der Waals surface area (Å²) < 4.78 is 30.8. The van der Waals surface area contributed by atoms with Crippen molar-refractivity contribution >= 4 is 23.9 Å². The van der Waals surface area contributed by atoms with Gasteiger partial charge in [0.15, 0.2) is 0 Å². The number of ether oxygens (including phenoxy) is 6. The van der Waals surface area contributed by atoms with Crippen molar-refractivity contribution in [3.8, 4) is 23.0 Å². The summed E-state index contributed by atoms with van der Waals surface area (Å²) in [6.07, 6.45) is 2.04. The first-order valence-electron chi connectivity index (χ1n) is 11.4. The third kappa shape index (κ3) is 8.60. The Morgan fingerprint density at radius 2 is 1.08 bits per heavy atom. The van der Waals surface area contributed by atoms with Gasteiger partial charge >= 0.3 is 23.9 Å². The first-order chi connectivity index (χ1) is 18.8. The van der Waals surface area contributed by atoms with Crippen molar-refractivity contribution in [1.82, 2.24) is 0 Å². The van der Waals surface area contributed by atoms with E-state index in [9.17, 15) is 19.2 Å². The van der Waals surface area contributed by atoms with Crippen LogP contribution in [-0.2, 0) is 19.1 Å². The molecule has 0 saturated carbocycles. The van der Waals surface area contributed by atoms with Gasteiger partial charge in [-0.15, -0.1) is 0 Å². The SMILES string of the molecule is C=CC(=O)OCOc1ccc(C(=O)Oc2ccc(OC(=O)c3ccc(OCOC(=O)C=C)cc3)c(C)c2)cc1.